The van der Waals surface area contributed by atoms with Crippen molar-refractivity contribution in [2.45, 2.75) is 25.8 Å². The number of furan rings is 1. The van der Waals surface area contributed by atoms with Crippen molar-refractivity contribution in [3.05, 3.63) is 81.2 Å². The number of para-hydroxylation sites is 1. The van der Waals surface area contributed by atoms with E-state index in [-0.39, 0.29) is 23.5 Å². The third-order valence-electron chi connectivity index (χ3n) is 4.79. The average molecular weight is 436 g/mol. The topological polar surface area (TPSA) is 138 Å². The van der Waals surface area contributed by atoms with Crippen molar-refractivity contribution in [3.63, 3.8) is 0 Å². The molecule has 32 heavy (non-hydrogen) atoms. The van der Waals surface area contributed by atoms with Crippen molar-refractivity contribution in [3.8, 4) is 17.2 Å². The molecule has 0 saturated carbocycles. The van der Waals surface area contributed by atoms with Crippen LogP contribution in [-0.4, -0.2) is 36.4 Å². The summed E-state index contributed by atoms with van der Waals surface area (Å²) in [6.45, 7) is 1.84. The minimum Gasteiger partial charge on any atom is -0.469 e. The second-order valence-corrected chi connectivity index (χ2v) is 7.16. The van der Waals surface area contributed by atoms with Gasteiger partial charge in [-0.3, -0.25) is 14.2 Å². The fourth-order valence-electron chi connectivity index (χ4n) is 3.03. The monoisotopic (exact) mass is 436 g/mol. The van der Waals surface area contributed by atoms with Gasteiger partial charge in [0, 0.05) is 19.5 Å². The summed E-state index contributed by atoms with van der Waals surface area (Å²) in [5.74, 6) is -0.264. The number of hydrogen-bond acceptors (Lipinski definition) is 8. The zero-order valence-corrected chi connectivity index (χ0v) is 17.4. The van der Waals surface area contributed by atoms with E-state index < -0.39 is 17.2 Å². The zero-order valence-electron chi connectivity index (χ0n) is 17.4. The lowest BCUT2D eigenvalue weighted by Gasteiger charge is -2.10. The molecule has 1 aromatic carbocycles. The Hall–Kier alpha value is -4.28. The summed E-state index contributed by atoms with van der Waals surface area (Å²) in [4.78, 5) is 41.5. The van der Waals surface area contributed by atoms with Crippen LogP contribution >= 0.6 is 0 Å². The molecule has 0 saturated heterocycles. The van der Waals surface area contributed by atoms with Crippen molar-refractivity contribution >= 4 is 5.91 Å². The van der Waals surface area contributed by atoms with Gasteiger partial charge in [-0.25, -0.2) is 4.79 Å². The molecule has 1 N–H and O–H groups in total. The van der Waals surface area contributed by atoms with Gasteiger partial charge >= 0.3 is 17.5 Å². The first kappa shape index (κ1) is 21.0. The first-order valence-electron chi connectivity index (χ1n) is 9.87. The van der Waals surface area contributed by atoms with Crippen molar-refractivity contribution in [2.75, 3.05) is 0 Å². The van der Waals surface area contributed by atoms with E-state index in [1.165, 1.54) is 7.05 Å². The Bertz CT molecular complexity index is 1340. The van der Waals surface area contributed by atoms with Crippen LogP contribution in [-0.2, 0) is 13.5 Å². The maximum absolute atomic E-state index is 12.6. The summed E-state index contributed by atoms with van der Waals surface area (Å²) in [5, 5.41) is 10.6. The van der Waals surface area contributed by atoms with Crippen LogP contribution < -0.4 is 16.6 Å². The fraction of sp³-hybridized carbons (Fsp3) is 0.238. The van der Waals surface area contributed by atoms with Crippen LogP contribution in [0.15, 0.2) is 67.3 Å². The molecule has 1 amide bonds. The Morgan fingerprint density at radius 1 is 1.16 bits per heavy atom. The summed E-state index contributed by atoms with van der Waals surface area (Å²) < 4.78 is 12.3. The average Bonchev–Trinajstić information content (AvgIpc) is 3.49. The number of amides is 1. The first-order chi connectivity index (χ1) is 15.4. The molecule has 4 rings (SSSR count). The number of hydrogen-bond donors (Lipinski definition) is 1. The number of benzene rings is 1. The second-order valence-electron chi connectivity index (χ2n) is 7.16. The van der Waals surface area contributed by atoms with Crippen molar-refractivity contribution in [1.29, 1.82) is 0 Å². The third-order valence-corrected chi connectivity index (χ3v) is 4.79. The molecular weight excluding hydrogens is 416 g/mol. The minimum absolute atomic E-state index is 0.186. The van der Waals surface area contributed by atoms with E-state index >= 15 is 0 Å². The summed E-state index contributed by atoms with van der Waals surface area (Å²) in [6.07, 6.45) is 2.90. The van der Waals surface area contributed by atoms with Crippen LogP contribution in [0.1, 0.15) is 29.8 Å². The molecular formula is C21H20N6O5. The number of carbonyl (C=O) groups is 1. The summed E-state index contributed by atoms with van der Waals surface area (Å²) >= 11 is 0. The highest BCUT2D eigenvalue weighted by Gasteiger charge is 2.22. The van der Waals surface area contributed by atoms with Crippen molar-refractivity contribution in [1.82, 2.24) is 29.8 Å². The second kappa shape index (κ2) is 8.84. The Morgan fingerprint density at radius 3 is 2.66 bits per heavy atom. The van der Waals surface area contributed by atoms with E-state index in [0.29, 0.717) is 18.5 Å². The number of aryl methyl sites for hydroxylation is 1. The summed E-state index contributed by atoms with van der Waals surface area (Å²) in [7, 11) is 1.32. The number of nitrogens with one attached hydrogen (secondary N) is 1. The first-order valence-corrected chi connectivity index (χ1v) is 9.87. The normalized spacial score (nSPS) is 11.9. The highest BCUT2D eigenvalue weighted by molar-refractivity contribution is 5.90. The number of carbonyl (C=O) groups excluding carboxylic acids is 1. The predicted molar refractivity (Wildman–Crippen MR) is 112 cm³/mol. The smallest absolute Gasteiger partial charge is 0.351 e. The zero-order chi connectivity index (χ0) is 22.7. The van der Waals surface area contributed by atoms with Crippen LogP contribution in [0, 0.1) is 0 Å². The fourth-order valence-corrected chi connectivity index (χ4v) is 3.03. The Balaban J connectivity index is 1.55. The van der Waals surface area contributed by atoms with Crippen LogP contribution in [0.5, 0.6) is 0 Å². The minimum atomic E-state index is -0.707. The molecule has 0 fully saturated rings. The van der Waals surface area contributed by atoms with Gasteiger partial charge in [0.25, 0.3) is 5.56 Å². The van der Waals surface area contributed by atoms with E-state index in [4.69, 9.17) is 8.94 Å². The van der Waals surface area contributed by atoms with E-state index in [9.17, 15) is 14.4 Å². The molecule has 0 spiro atoms. The lowest BCUT2D eigenvalue weighted by Crippen LogP contribution is -2.40. The molecule has 0 radical (unpaired) electrons. The van der Waals surface area contributed by atoms with Gasteiger partial charge in [0.05, 0.1) is 12.0 Å². The Morgan fingerprint density at radius 2 is 1.94 bits per heavy atom. The third kappa shape index (κ3) is 4.26. The maximum atomic E-state index is 12.6. The molecule has 0 aliphatic heterocycles. The lowest BCUT2D eigenvalue weighted by molar-refractivity contribution is 0.0893. The van der Waals surface area contributed by atoms with E-state index in [2.05, 4.69) is 20.6 Å². The molecule has 1 unspecified atom stereocenters. The number of aromatic nitrogens is 5. The number of nitrogens with zero attached hydrogens (tertiary/aromatic N) is 5. The highest BCUT2D eigenvalue weighted by Crippen LogP contribution is 2.11. The van der Waals surface area contributed by atoms with Gasteiger partial charge in [-0.2, -0.15) is 14.8 Å². The van der Waals surface area contributed by atoms with E-state index in [1.807, 2.05) is 13.0 Å². The van der Waals surface area contributed by atoms with Gasteiger partial charge in [-0.15, -0.1) is 0 Å². The van der Waals surface area contributed by atoms with Crippen LogP contribution in [0.3, 0.4) is 0 Å². The van der Waals surface area contributed by atoms with Crippen molar-refractivity contribution < 1.29 is 13.7 Å². The van der Waals surface area contributed by atoms with Gasteiger partial charge in [0.2, 0.25) is 5.82 Å². The molecule has 0 bridgehead atoms. The van der Waals surface area contributed by atoms with Gasteiger partial charge in [0.15, 0.2) is 5.69 Å². The molecule has 0 aliphatic carbocycles. The SMILES string of the molecule is CC(CCc1ccco1)NC(=O)c1nc(-c2nn(-c3ccccc3)c(=O)n(C)c2=O)no1. The standard InChI is InChI=1S/C21H20N6O5/c1-13(10-11-15-9-6-12-31-15)22-18(28)19-23-17(25-32-19)16-20(29)26(2)21(30)27(24-16)14-7-4-3-5-8-14/h3-9,12-13H,10-11H2,1-2H3,(H,22,28). The Kier molecular flexibility index (Phi) is 5.79. The van der Waals surface area contributed by atoms with Crippen LogP contribution in [0.4, 0.5) is 0 Å². The Labute approximate surface area is 181 Å². The highest BCUT2D eigenvalue weighted by atomic mass is 16.5. The van der Waals surface area contributed by atoms with Crippen molar-refractivity contribution in [2.24, 2.45) is 7.05 Å². The largest absolute Gasteiger partial charge is 0.469 e. The van der Waals surface area contributed by atoms with Gasteiger partial charge in [-0.05, 0) is 37.6 Å². The summed E-state index contributed by atoms with van der Waals surface area (Å²) in [6, 6.07) is 12.1. The predicted octanol–water partition coefficient (Wildman–Crippen LogP) is 1.33. The van der Waals surface area contributed by atoms with Crippen LogP contribution in [0.2, 0.25) is 0 Å². The molecule has 1 atom stereocenters. The molecule has 3 aromatic heterocycles. The maximum Gasteiger partial charge on any atom is 0.351 e. The van der Waals surface area contributed by atoms with Gasteiger partial charge in [-0.1, -0.05) is 23.4 Å². The van der Waals surface area contributed by atoms with Gasteiger partial charge in [0.1, 0.15) is 5.76 Å². The molecule has 164 valence electrons. The molecule has 0 aliphatic rings. The molecule has 3 heterocycles. The van der Waals surface area contributed by atoms with E-state index in [1.54, 1.807) is 42.7 Å². The summed E-state index contributed by atoms with van der Waals surface area (Å²) in [5.41, 5.74) is -1.09. The quantitative estimate of drug-likeness (QED) is 0.458. The number of rotatable bonds is 7. The molecule has 11 nitrogen and oxygen atoms in total. The molecule has 4 aromatic rings. The van der Waals surface area contributed by atoms with E-state index in [0.717, 1.165) is 15.0 Å². The van der Waals surface area contributed by atoms with Gasteiger partial charge < -0.3 is 14.3 Å². The van der Waals surface area contributed by atoms with Crippen LogP contribution in [0.25, 0.3) is 17.2 Å². The lowest BCUT2D eigenvalue weighted by atomic mass is 10.1. The molecule has 11 heteroatoms.